The third kappa shape index (κ3) is 5.19. The smallest absolute Gasteiger partial charge is 0.293 e. The first-order valence-electron chi connectivity index (χ1n) is 10.6. The lowest BCUT2D eigenvalue weighted by molar-refractivity contribution is -0.384. The largest absolute Gasteiger partial charge is 0.365 e. The van der Waals surface area contributed by atoms with Crippen molar-refractivity contribution < 1.29 is 9.72 Å². The lowest BCUT2D eigenvalue weighted by atomic mass is 10.1. The summed E-state index contributed by atoms with van der Waals surface area (Å²) in [6.07, 6.45) is 2.83. The van der Waals surface area contributed by atoms with Crippen molar-refractivity contribution in [2.75, 3.05) is 31.1 Å². The van der Waals surface area contributed by atoms with Gasteiger partial charge in [0.05, 0.1) is 16.6 Å². The van der Waals surface area contributed by atoms with E-state index in [0.717, 1.165) is 51.0 Å². The van der Waals surface area contributed by atoms with Crippen molar-refractivity contribution in [3.63, 3.8) is 0 Å². The molecule has 1 heterocycles. The van der Waals surface area contributed by atoms with Crippen molar-refractivity contribution >= 4 is 17.3 Å². The third-order valence-corrected chi connectivity index (χ3v) is 5.77. The second-order valence-corrected chi connectivity index (χ2v) is 8.13. The molecule has 1 aliphatic carbocycles. The summed E-state index contributed by atoms with van der Waals surface area (Å²) in [4.78, 5) is 28.0. The number of nitriles is 1. The lowest BCUT2D eigenvalue weighted by Gasteiger charge is -2.23. The Morgan fingerprint density at radius 1 is 1.13 bits per heavy atom. The summed E-state index contributed by atoms with van der Waals surface area (Å²) < 4.78 is 0. The molecule has 0 radical (unpaired) electrons. The van der Waals surface area contributed by atoms with Crippen LogP contribution in [0.1, 0.15) is 40.7 Å². The maximum Gasteiger partial charge on any atom is 0.293 e. The van der Waals surface area contributed by atoms with Crippen LogP contribution in [0, 0.1) is 21.4 Å². The van der Waals surface area contributed by atoms with Gasteiger partial charge in [0.2, 0.25) is 0 Å². The van der Waals surface area contributed by atoms with Crippen LogP contribution in [0.25, 0.3) is 0 Å². The molecule has 0 atom stereocenters. The Morgan fingerprint density at radius 2 is 1.90 bits per heavy atom. The highest BCUT2D eigenvalue weighted by Crippen LogP contribution is 2.31. The Labute approximate surface area is 181 Å². The van der Waals surface area contributed by atoms with Crippen LogP contribution in [-0.2, 0) is 6.54 Å². The van der Waals surface area contributed by atoms with Gasteiger partial charge in [-0.2, -0.15) is 5.26 Å². The van der Waals surface area contributed by atoms with Crippen molar-refractivity contribution in [3.05, 3.63) is 69.3 Å². The minimum absolute atomic E-state index is 0.0241. The molecule has 0 aromatic heterocycles. The van der Waals surface area contributed by atoms with E-state index in [1.54, 1.807) is 12.1 Å². The van der Waals surface area contributed by atoms with E-state index >= 15 is 0 Å². The second kappa shape index (κ2) is 9.14. The molecule has 8 heteroatoms. The van der Waals surface area contributed by atoms with Gasteiger partial charge in [-0.1, -0.05) is 12.1 Å². The van der Waals surface area contributed by atoms with E-state index < -0.39 is 4.92 Å². The van der Waals surface area contributed by atoms with Crippen molar-refractivity contribution in [2.45, 2.75) is 31.8 Å². The van der Waals surface area contributed by atoms with Gasteiger partial charge in [0, 0.05) is 50.4 Å². The fraction of sp³-hybridized carbons (Fsp3) is 0.391. The van der Waals surface area contributed by atoms with E-state index in [1.807, 2.05) is 29.2 Å². The molecule has 1 amide bonds. The van der Waals surface area contributed by atoms with E-state index in [4.69, 9.17) is 5.26 Å². The summed E-state index contributed by atoms with van der Waals surface area (Å²) in [5.41, 5.74) is 2.66. The molecule has 4 rings (SSSR count). The Balaban J connectivity index is 1.44. The van der Waals surface area contributed by atoms with Crippen LogP contribution in [0.5, 0.6) is 0 Å². The lowest BCUT2D eigenvalue weighted by Crippen LogP contribution is -2.31. The highest BCUT2D eigenvalue weighted by atomic mass is 16.6. The first-order valence-corrected chi connectivity index (χ1v) is 10.6. The van der Waals surface area contributed by atoms with Gasteiger partial charge < -0.3 is 10.2 Å². The van der Waals surface area contributed by atoms with Crippen LogP contribution in [-0.4, -0.2) is 48.0 Å². The van der Waals surface area contributed by atoms with Crippen molar-refractivity contribution in [3.8, 4) is 6.07 Å². The quantitative estimate of drug-likeness (QED) is 0.570. The van der Waals surface area contributed by atoms with Crippen molar-refractivity contribution in [2.24, 2.45) is 0 Å². The predicted molar refractivity (Wildman–Crippen MR) is 117 cm³/mol. The minimum atomic E-state index is -0.400. The van der Waals surface area contributed by atoms with Gasteiger partial charge in [-0.05, 0) is 49.1 Å². The summed E-state index contributed by atoms with van der Waals surface area (Å²) in [5, 5.41) is 23.6. The van der Waals surface area contributed by atoms with Gasteiger partial charge in [-0.25, -0.2) is 0 Å². The number of nitrogens with one attached hydrogen (secondary N) is 1. The van der Waals surface area contributed by atoms with E-state index in [0.29, 0.717) is 23.4 Å². The van der Waals surface area contributed by atoms with Crippen LogP contribution in [0.3, 0.4) is 0 Å². The number of nitro benzene ring substituents is 1. The molecule has 1 saturated heterocycles. The van der Waals surface area contributed by atoms with E-state index in [9.17, 15) is 14.9 Å². The van der Waals surface area contributed by atoms with Gasteiger partial charge in [0.1, 0.15) is 5.69 Å². The molecular weight excluding hydrogens is 394 g/mol. The Morgan fingerprint density at radius 3 is 2.58 bits per heavy atom. The number of nitro groups is 1. The van der Waals surface area contributed by atoms with Crippen LogP contribution >= 0.6 is 0 Å². The molecule has 2 aromatic rings. The summed E-state index contributed by atoms with van der Waals surface area (Å²) in [6.45, 7) is 3.85. The molecule has 2 aromatic carbocycles. The fourth-order valence-corrected chi connectivity index (χ4v) is 3.89. The average molecular weight is 419 g/mol. The SMILES string of the molecule is N#Cc1ccc(CN2CCCN(c3ccc(C(=O)NC4CC4)cc3[N+](=O)[O-])CC2)cc1. The fourth-order valence-electron chi connectivity index (χ4n) is 3.89. The number of hydrogen-bond donors (Lipinski definition) is 1. The van der Waals surface area contributed by atoms with Crippen LogP contribution < -0.4 is 10.2 Å². The second-order valence-electron chi connectivity index (χ2n) is 8.13. The molecule has 1 aliphatic heterocycles. The maximum atomic E-state index is 12.3. The zero-order valence-electron chi connectivity index (χ0n) is 17.3. The van der Waals surface area contributed by atoms with E-state index in [-0.39, 0.29) is 17.6 Å². The van der Waals surface area contributed by atoms with Crippen LogP contribution in [0.4, 0.5) is 11.4 Å². The molecular formula is C23H25N5O3. The molecule has 2 aliphatic rings. The maximum absolute atomic E-state index is 12.3. The van der Waals surface area contributed by atoms with Gasteiger partial charge in [-0.3, -0.25) is 19.8 Å². The molecule has 0 bridgehead atoms. The summed E-state index contributed by atoms with van der Waals surface area (Å²) in [7, 11) is 0. The first kappa shape index (κ1) is 20.8. The number of amides is 1. The zero-order chi connectivity index (χ0) is 21.8. The Bertz CT molecular complexity index is 1010. The van der Waals surface area contributed by atoms with Crippen LogP contribution in [0.15, 0.2) is 42.5 Å². The standard InChI is InChI=1S/C23H25N5O3/c24-15-17-2-4-18(5-3-17)16-26-10-1-11-27(13-12-26)21-9-6-19(14-22(21)28(30)31)23(29)25-20-7-8-20/h2-6,9,14,20H,1,7-8,10-13,16H2,(H,25,29). The predicted octanol–water partition coefficient (Wildman–Crippen LogP) is 3.07. The number of nitrogens with zero attached hydrogens (tertiary/aromatic N) is 4. The number of carbonyl (C=O) groups excluding carboxylic acids is 1. The topological polar surface area (TPSA) is 103 Å². The van der Waals surface area contributed by atoms with E-state index in [2.05, 4.69) is 16.3 Å². The summed E-state index contributed by atoms with van der Waals surface area (Å²) in [5.74, 6) is -0.249. The zero-order valence-corrected chi connectivity index (χ0v) is 17.3. The molecule has 31 heavy (non-hydrogen) atoms. The number of benzene rings is 2. The Kier molecular flexibility index (Phi) is 6.14. The van der Waals surface area contributed by atoms with Gasteiger partial charge in [0.25, 0.3) is 11.6 Å². The van der Waals surface area contributed by atoms with Gasteiger partial charge in [0.15, 0.2) is 0 Å². The van der Waals surface area contributed by atoms with Gasteiger partial charge in [-0.15, -0.1) is 0 Å². The molecule has 8 nitrogen and oxygen atoms in total. The summed E-state index contributed by atoms with van der Waals surface area (Å²) in [6, 6.07) is 14.7. The van der Waals surface area contributed by atoms with Crippen molar-refractivity contribution in [1.29, 1.82) is 5.26 Å². The molecule has 1 saturated carbocycles. The van der Waals surface area contributed by atoms with Gasteiger partial charge >= 0.3 is 0 Å². The monoisotopic (exact) mass is 419 g/mol. The number of hydrogen-bond acceptors (Lipinski definition) is 6. The Hall–Kier alpha value is -3.44. The molecule has 2 fully saturated rings. The normalized spacial score (nSPS) is 16.9. The minimum Gasteiger partial charge on any atom is -0.365 e. The highest BCUT2D eigenvalue weighted by molar-refractivity contribution is 5.96. The number of rotatable bonds is 6. The molecule has 160 valence electrons. The molecule has 1 N–H and O–H groups in total. The third-order valence-electron chi connectivity index (χ3n) is 5.77. The van der Waals surface area contributed by atoms with Crippen molar-refractivity contribution in [1.82, 2.24) is 10.2 Å². The average Bonchev–Trinajstić information content (AvgIpc) is 3.61. The first-order chi connectivity index (χ1) is 15.0. The van der Waals surface area contributed by atoms with E-state index in [1.165, 1.54) is 6.07 Å². The summed E-state index contributed by atoms with van der Waals surface area (Å²) >= 11 is 0. The highest BCUT2D eigenvalue weighted by Gasteiger charge is 2.27. The number of anilines is 1. The number of carbonyl (C=O) groups is 1. The molecule has 0 spiro atoms. The van der Waals surface area contributed by atoms with Crippen LogP contribution in [0.2, 0.25) is 0 Å². The molecule has 0 unspecified atom stereocenters.